The maximum Gasteiger partial charge on any atom is 0.416 e. The summed E-state index contributed by atoms with van der Waals surface area (Å²) in [7, 11) is 0. The van der Waals surface area contributed by atoms with E-state index in [-0.39, 0.29) is 6.04 Å². The fourth-order valence-corrected chi connectivity index (χ4v) is 2.09. The minimum absolute atomic E-state index is 0.0581. The lowest BCUT2D eigenvalue weighted by molar-refractivity contribution is -0.137. The molecule has 18 heavy (non-hydrogen) atoms. The van der Waals surface area contributed by atoms with E-state index in [9.17, 15) is 13.2 Å². The Balaban J connectivity index is 2.21. The first-order chi connectivity index (χ1) is 8.43. The van der Waals surface area contributed by atoms with Gasteiger partial charge in [-0.05, 0) is 24.6 Å². The first-order valence-electron chi connectivity index (χ1n) is 5.67. The zero-order chi connectivity index (χ0) is 13.3. The van der Waals surface area contributed by atoms with Gasteiger partial charge in [0.05, 0.1) is 18.2 Å². The summed E-state index contributed by atoms with van der Waals surface area (Å²) in [5.41, 5.74) is 5.87. The van der Waals surface area contributed by atoms with Crippen LogP contribution in [0.1, 0.15) is 24.1 Å². The molecule has 0 saturated carbocycles. The maximum atomic E-state index is 12.4. The molecule has 0 bridgehead atoms. The van der Waals surface area contributed by atoms with Crippen LogP contribution in [-0.4, -0.2) is 23.9 Å². The van der Waals surface area contributed by atoms with Gasteiger partial charge in [0.15, 0.2) is 5.96 Å². The van der Waals surface area contributed by atoms with E-state index in [4.69, 9.17) is 5.73 Å². The SMILES string of the molecule is CCN1C(N)=NCC1c1ccc(C(F)(F)F)cc1. The second-order valence-electron chi connectivity index (χ2n) is 4.12. The number of aliphatic imine (C=N–C) groups is 1. The molecule has 0 fully saturated rings. The van der Waals surface area contributed by atoms with Gasteiger partial charge in [-0.25, -0.2) is 0 Å². The first-order valence-corrected chi connectivity index (χ1v) is 5.67. The Morgan fingerprint density at radius 2 is 1.94 bits per heavy atom. The van der Waals surface area contributed by atoms with E-state index >= 15 is 0 Å². The van der Waals surface area contributed by atoms with Crippen LogP contribution in [0, 0.1) is 0 Å². The van der Waals surface area contributed by atoms with Crippen LogP contribution in [-0.2, 0) is 6.18 Å². The Kier molecular flexibility index (Phi) is 3.19. The molecule has 1 aromatic rings. The number of rotatable bonds is 2. The van der Waals surface area contributed by atoms with Gasteiger partial charge in [-0.1, -0.05) is 12.1 Å². The molecule has 1 heterocycles. The van der Waals surface area contributed by atoms with Crippen molar-refractivity contribution in [2.75, 3.05) is 13.1 Å². The van der Waals surface area contributed by atoms with Crippen LogP contribution >= 0.6 is 0 Å². The Hall–Kier alpha value is -1.72. The van der Waals surface area contributed by atoms with E-state index in [0.717, 1.165) is 17.7 Å². The van der Waals surface area contributed by atoms with Crippen molar-refractivity contribution < 1.29 is 13.2 Å². The van der Waals surface area contributed by atoms with Crippen molar-refractivity contribution >= 4 is 5.96 Å². The number of halogens is 3. The van der Waals surface area contributed by atoms with Crippen molar-refractivity contribution in [3.8, 4) is 0 Å². The van der Waals surface area contributed by atoms with Crippen molar-refractivity contribution in [1.29, 1.82) is 0 Å². The third-order valence-electron chi connectivity index (χ3n) is 3.06. The number of guanidine groups is 1. The molecule has 2 rings (SSSR count). The molecule has 1 aliphatic rings. The van der Waals surface area contributed by atoms with E-state index in [2.05, 4.69) is 4.99 Å². The molecule has 1 aromatic carbocycles. The normalized spacial score (nSPS) is 20.1. The van der Waals surface area contributed by atoms with Crippen molar-refractivity contribution in [2.24, 2.45) is 10.7 Å². The lowest BCUT2D eigenvalue weighted by Crippen LogP contribution is -2.35. The monoisotopic (exact) mass is 257 g/mol. The predicted octanol–water partition coefficient (Wildman–Crippen LogP) is 2.40. The minimum Gasteiger partial charge on any atom is -0.370 e. The quantitative estimate of drug-likeness (QED) is 0.883. The van der Waals surface area contributed by atoms with Gasteiger partial charge in [0.25, 0.3) is 0 Å². The standard InChI is InChI=1S/C12H14F3N3/c1-2-18-10(7-17-11(18)16)8-3-5-9(6-4-8)12(13,14)15/h3-6,10H,2,7H2,1H3,(H2,16,17). The fourth-order valence-electron chi connectivity index (χ4n) is 2.09. The van der Waals surface area contributed by atoms with E-state index in [1.807, 2.05) is 11.8 Å². The highest BCUT2D eigenvalue weighted by molar-refractivity contribution is 5.80. The van der Waals surface area contributed by atoms with Crippen molar-refractivity contribution in [1.82, 2.24) is 4.90 Å². The molecule has 1 unspecified atom stereocenters. The average molecular weight is 257 g/mol. The lowest BCUT2D eigenvalue weighted by Gasteiger charge is -2.25. The Labute approximate surface area is 103 Å². The molecule has 1 aliphatic heterocycles. The zero-order valence-corrected chi connectivity index (χ0v) is 9.91. The van der Waals surface area contributed by atoms with E-state index in [0.29, 0.717) is 19.0 Å². The Morgan fingerprint density at radius 1 is 1.33 bits per heavy atom. The summed E-state index contributed by atoms with van der Waals surface area (Å²) < 4.78 is 37.3. The summed E-state index contributed by atoms with van der Waals surface area (Å²) in [5.74, 6) is 0.447. The maximum absolute atomic E-state index is 12.4. The smallest absolute Gasteiger partial charge is 0.370 e. The number of benzene rings is 1. The Morgan fingerprint density at radius 3 is 2.44 bits per heavy atom. The number of alkyl halides is 3. The van der Waals surface area contributed by atoms with E-state index in [1.165, 1.54) is 12.1 Å². The molecule has 2 N–H and O–H groups in total. The minimum atomic E-state index is -4.30. The molecule has 0 amide bonds. The topological polar surface area (TPSA) is 41.6 Å². The van der Waals surface area contributed by atoms with Crippen LogP contribution in [0.3, 0.4) is 0 Å². The van der Waals surface area contributed by atoms with Crippen LogP contribution in [0.5, 0.6) is 0 Å². The van der Waals surface area contributed by atoms with Gasteiger partial charge in [-0.15, -0.1) is 0 Å². The van der Waals surface area contributed by atoms with E-state index < -0.39 is 11.7 Å². The van der Waals surface area contributed by atoms with Crippen molar-refractivity contribution in [2.45, 2.75) is 19.1 Å². The van der Waals surface area contributed by atoms with Crippen LogP contribution in [0.4, 0.5) is 13.2 Å². The van der Waals surface area contributed by atoms with E-state index in [1.54, 1.807) is 0 Å². The van der Waals surface area contributed by atoms with Gasteiger partial charge < -0.3 is 10.6 Å². The third-order valence-corrected chi connectivity index (χ3v) is 3.06. The Bertz CT molecular complexity index is 451. The van der Waals surface area contributed by atoms with Crippen molar-refractivity contribution in [3.05, 3.63) is 35.4 Å². The van der Waals surface area contributed by atoms with Crippen LogP contribution in [0.25, 0.3) is 0 Å². The molecule has 0 radical (unpaired) electrons. The van der Waals surface area contributed by atoms with Gasteiger partial charge in [0.1, 0.15) is 0 Å². The summed E-state index contributed by atoms with van der Waals surface area (Å²) >= 11 is 0. The fraction of sp³-hybridized carbons (Fsp3) is 0.417. The van der Waals surface area contributed by atoms with Gasteiger partial charge in [0.2, 0.25) is 0 Å². The molecule has 0 saturated heterocycles. The highest BCUT2D eigenvalue weighted by Gasteiger charge is 2.31. The first kappa shape index (κ1) is 12.7. The summed E-state index contributed by atoms with van der Waals surface area (Å²) in [5, 5.41) is 0. The number of nitrogens with zero attached hydrogens (tertiary/aromatic N) is 2. The molecular formula is C12H14F3N3. The second kappa shape index (κ2) is 4.51. The number of hydrogen-bond donors (Lipinski definition) is 1. The van der Waals surface area contributed by atoms with Gasteiger partial charge in [-0.2, -0.15) is 13.2 Å². The third kappa shape index (κ3) is 2.27. The predicted molar refractivity (Wildman–Crippen MR) is 63.1 cm³/mol. The highest BCUT2D eigenvalue weighted by atomic mass is 19.4. The molecule has 3 nitrogen and oxygen atoms in total. The average Bonchev–Trinajstić information content (AvgIpc) is 2.69. The van der Waals surface area contributed by atoms with Gasteiger partial charge >= 0.3 is 6.18 Å². The second-order valence-corrected chi connectivity index (χ2v) is 4.12. The summed E-state index contributed by atoms with van der Waals surface area (Å²) in [6.45, 7) is 3.11. The molecule has 0 aromatic heterocycles. The largest absolute Gasteiger partial charge is 0.416 e. The zero-order valence-electron chi connectivity index (χ0n) is 9.91. The number of hydrogen-bond acceptors (Lipinski definition) is 3. The molecule has 6 heteroatoms. The summed E-state index contributed by atoms with van der Waals surface area (Å²) in [6.07, 6.45) is -4.30. The molecule has 0 aliphatic carbocycles. The molecule has 98 valence electrons. The van der Waals surface area contributed by atoms with Crippen LogP contribution < -0.4 is 5.73 Å². The number of likely N-dealkylation sites (N-methyl/N-ethyl adjacent to an activating group) is 1. The number of nitrogens with two attached hydrogens (primary N) is 1. The van der Waals surface area contributed by atoms with Crippen LogP contribution in [0.15, 0.2) is 29.3 Å². The van der Waals surface area contributed by atoms with Gasteiger partial charge in [0, 0.05) is 6.54 Å². The van der Waals surface area contributed by atoms with Gasteiger partial charge in [-0.3, -0.25) is 4.99 Å². The molecule has 0 spiro atoms. The highest BCUT2D eigenvalue weighted by Crippen LogP contribution is 2.31. The summed E-state index contributed by atoms with van der Waals surface area (Å²) in [4.78, 5) is 5.99. The van der Waals surface area contributed by atoms with Crippen LogP contribution in [0.2, 0.25) is 0 Å². The summed E-state index contributed by atoms with van der Waals surface area (Å²) in [6, 6.07) is 5.11. The molecular weight excluding hydrogens is 243 g/mol. The lowest BCUT2D eigenvalue weighted by atomic mass is 10.0. The van der Waals surface area contributed by atoms with Crippen molar-refractivity contribution in [3.63, 3.8) is 0 Å². The molecule has 1 atom stereocenters.